The molecule has 0 spiro atoms. The van der Waals surface area contributed by atoms with Crippen molar-refractivity contribution in [1.82, 2.24) is 0 Å². The van der Waals surface area contributed by atoms with Crippen LogP contribution in [-0.4, -0.2) is 0 Å². The number of para-hydroxylation sites is 1. The van der Waals surface area contributed by atoms with Crippen molar-refractivity contribution in [1.29, 1.82) is 0 Å². The van der Waals surface area contributed by atoms with E-state index < -0.39 is 0 Å². The largest absolute Gasteiger partial charge is 0.455 e. The van der Waals surface area contributed by atoms with Crippen LogP contribution in [0.4, 0.5) is 0 Å². The summed E-state index contributed by atoms with van der Waals surface area (Å²) in [6, 6.07) is 44.2. The van der Waals surface area contributed by atoms with Crippen molar-refractivity contribution in [3.8, 4) is 22.3 Å². The minimum absolute atomic E-state index is 0.560. The maximum Gasteiger partial charge on any atom is 0.143 e. The van der Waals surface area contributed by atoms with E-state index in [1.165, 1.54) is 54.7 Å². The van der Waals surface area contributed by atoms with Gasteiger partial charge in [-0.15, -0.1) is 0 Å². The molecule has 1 aromatic heterocycles. The predicted octanol–water partition coefficient (Wildman–Crippen LogP) is 11.6. The van der Waals surface area contributed by atoms with E-state index in [4.69, 9.17) is 4.42 Å². The monoisotopic (exact) mass is 536 g/mol. The van der Waals surface area contributed by atoms with Crippen molar-refractivity contribution in [2.45, 2.75) is 13.3 Å². The molecular weight excluding hydrogens is 508 g/mol. The lowest BCUT2D eigenvalue weighted by atomic mass is 9.81. The Bertz CT molecular complexity index is 2340. The normalized spacial score (nSPS) is 14.8. The minimum atomic E-state index is 0.560. The maximum atomic E-state index is 6.84. The highest BCUT2D eigenvalue weighted by Crippen LogP contribution is 2.48. The van der Waals surface area contributed by atoms with E-state index in [1.54, 1.807) is 0 Å². The highest BCUT2D eigenvalue weighted by molar-refractivity contribution is 6.25. The van der Waals surface area contributed by atoms with Crippen LogP contribution in [0.25, 0.3) is 82.6 Å². The van der Waals surface area contributed by atoms with Crippen LogP contribution in [0.3, 0.4) is 0 Å². The lowest BCUT2D eigenvalue weighted by molar-refractivity contribution is 0.674. The van der Waals surface area contributed by atoms with Gasteiger partial charge in [-0.3, -0.25) is 0 Å². The topological polar surface area (TPSA) is 13.1 Å². The molecule has 1 atom stereocenters. The lowest BCUT2D eigenvalue weighted by Crippen LogP contribution is -2.04. The van der Waals surface area contributed by atoms with E-state index in [0.717, 1.165) is 39.3 Å². The fourth-order valence-electron chi connectivity index (χ4n) is 7.31. The van der Waals surface area contributed by atoms with Crippen molar-refractivity contribution in [2.24, 2.45) is 5.92 Å². The second-order valence-corrected chi connectivity index (χ2v) is 11.7. The zero-order valence-corrected chi connectivity index (χ0v) is 23.4. The quantitative estimate of drug-likeness (QED) is 0.200. The van der Waals surface area contributed by atoms with Gasteiger partial charge in [-0.05, 0) is 67.6 Å². The summed E-state index contributed by atoms with van der Waals surface area (Å²) in [5, 5.41) is 9.69. The van der Waals surface area contributed by atoms with Gasteiger partial charge in [0.1, 0.15) is 11.2 Å². The second kappa shape index (κ2) is 8.93. The molecule has 1 aliphatic rings. The minimum Gasteiger partial charge on any atom is -0.455 e. The van der Waals surface area contributed by atoms with Crippen molar-refractivity contribution in [3.05, 3.63) is 139 Å². The molecule has 0 amide bonds. The number of hydrogen-bond acceptors (Lipinski definition) is 1. The van der Waals surface area contributed by atoms with Gasteiger partial charge < -0.3 is 4.42 Å². The van der Waals surface area contributed by atoms with Gasteiger partial charge in [0.25, 0.3) is 0 Å². The number of benzene rings is 7. The van der Waals surface area contributed by atoms with E-state index in [1.807, 2.05) is 0 Å². The van der Waals surface area contributed by atoms with Gasteiger partial charge in [-0.1, -0.05) is 134 Å². The fourth-order valence-corrected chi connectivity index (χ4v) is 7.31. The molecule has 8 aromatic rings. The molecule has 0 aliphatic heterocycles. The van der Waals surface area contributed by atoms with Crippen LogP contribution in [-0.2, 0) is 6.42 Å². The summed E-state index contributed by atoms with van der Waals surface area (Å²) >= 11 is 0. The lowest BCUT2D eigenvalue weighted by Gasteiger charge is -2.22. The summed E-state index contributed by atoms with van der Waals surface area (Å²) in [5.74, 6) is 0.560. The smallest absolute Gasteiger partial charge is 0.143 e. The molecule has 42 heavy (non-hydrogen) atoms. The molecule has 9 rings (SSSR count). The molecule has 198 valence electrons. The first-order valence-corrected chi connectivity index (χ1v) is 14.8. The van der Waals surface area contributed by atoms with Gasteiger partial charge in [-0.2, -0.15) is 0 Å². The third kappa shape index (κ3) is 3.31. The van der Waals surface area contributed by atoms with E-state index in [9.17, 15) is 0 Å². The molecular formula is C41H28O. The summed E-state index contributed by atoms with van der Waals surface area (Å²) in [5.41, 5.74) is 9.66. The summed E-state index contributed by atoms with van der Waals surface area (Å²) < 4.78 is 6.84. The summed E-state index contributed by atoms with van der Waals surface area (Å²) in [7, 11) is 0. The van der Waals surface area contributed by atoms with Gasteiger partial charge in [0.2, 0.25) is 0 Å². The Hall–Kier alpha value is -5.14. The SMILES string of the molecule is CC1C=Cc2c(cccc2-c2c3ccccc3c(-c3cccc4c3oc3c5ccccc5ccc43)c3ccccc23)C1. The Labute approximate surface area is 244 Å². The first kappa shape index (κ1) is 23.6. The second-order valence-electron chi connectivity index (χ2n) is 11.7. The third-order valence-corrected chi connectivity index (χ3v) is 9.19. The molecule has 0 fully saturated rings. The van der Waals surface area contributed by atoms with Gasteiger partial charge in [-0.25, -0.2) is 0 Å². The van der Waals surface area contributed by atoms with Gasteiger partial charge in [0.05, 0.1) is 0 Å². The van der Waals surface area contributed by atoms with Gasteiger partial charge in [0, 0.05) is 27.3 Å². The molecule has 0 N–H and O–H groups in total. The first-order valence-electron chi connectivity index (χ1n) is 14.8. The van der Waals surface area contributed by atoms with Crippen LogP contribution in [0.1, 0.15) is 18.1 Å². The number of fused-ring (bicyclic) bond motifs is 8. The van der Waals surface area contributed by atoms with Crippen LogP contribution in [0.2, 0.25) is 0 Å². The highest BCUT2D eigenvalue weighted by atomic mass is 16.3. The summed E-state index contributed by atoms with van der Waals surface area (Å²) in [6.45, 7) is 2.30. The summed E-state index contributed by atoms with van der Waals surface area (Å²) in [4.78, 5) is 0. The van der Waals surface area contributed by atoms with E-state index in [0.29, 0.717) is 5.92 Å². The van der Waals surface area contributed by atoms with Crippen LogP contribution in [0.15, 0.2) is 132 Å². The Kier molecular flexibility index (Phi) is 5.01. The standard InChI is InChI=1S/C41H28O/c1-25-20-22-28-27(24-25)11-8-17-30(28)38-31-13-4-6-15-33(31)39(34-16-7-5-14-32(34)38)37-19-9-18-35-36-23-21-26-10-2-3-12-29(26)40(36)42-41(35)37/h2-23,25H,24H2,1H3. The molecule has 7 aromatic carbocycles. The molecule has 0 saturated heterocycles. The Morgan fingerprint density at radius 2 is 1.07 bits per heavy atom. The molecule has 1 heterocycles. The first-order chi connectivity index (χ1) is 20.8. The van der Waals surface area contributed by atoms with Crippen molar-refractivity contribution < 1.29 is 4.42 Å². The molecule has 0 saturated carbocycles. The number of furan rings is 1. The van der Waals surface area contributed by atoms with Crippen LogP contribution < -0.4 is 0 Å². The third-order valence-electron chi connectivity index (χ3n) is 9.19. The molecule has 1 unspecified atom stereocenters. The Morgan fingerprint density at radius 3 is 1.81 bits per heavy atom. The van der Waals surface area contributed by atoms with Crippen molar-refractivity contribution in [3.63, 3.8) is 0 Å². The highest BCUT2D eigenvalue weighted by Gasteiger charge is 2.22. The fraction of sp³-hybridized carbons (Fsp3) is 0.0732. The van der Waals surface area contributed by atoms with E-state index in [2.05, 4.69) is 140 Å². The molecule has 1 heteroatoms. The zero-order chi connectivity index (χ0) is 27.8. The van der Waals surface area contributed by atoms with Crippen molar-refractivity contribution >= 4 is 60.3 Å². The zero-order valence-electron chi connectivity index (χ0n) is 23.4. The van der Waals surface area contributed by atoms with Crippen LogP contribution >= 0.6 is 0 Å². The van der Waals surface area contributed by atoms with E-state index >= 15 is 0 Å². The average molecular weight is 537 g/mol. The van der Waals surface area contributed by atoms with Crippen LogP contribution in [0.5, 0.6) is 0 Å². The Morgan fingerprint density at radius 1 is 0.500 bits per heavy atom. The molecule has 1 aliphatic carbocycles. The Balaban J connectivity index is 1.42. The van der Waals surface area contributed by atoms with Gasteiger partial charge >= 0.3 is 0 Å². The van der Waals surface area contributed by atoms with Gasteiger partial charge in [0.15, 0.2) is 0 Å². The maximum absolute atomic E-state index is 6.84. The number of hydrogen-bond donors (Lipinski definition) is 0. The number of allylic oxidation sites excluding steroid dienone is 1. The predicted molar refractivity (Wildman–Crippen MR) is 179 cm³/mol. The summed E-state index contributed by atoms with van der Waals surface area (Å²) in [6.07, 6.45) is 5.78. The molecule has 1 nitrogen and oxygen atoms in total. The molecule has 0 bridgehead atoms. The van der Waals surface area contributed by atoms with Crippen LogP contribution in [0, 0.1) is 5.92 Å². The number of rotatable bonds is 2. The van der Waals surface area contributed by atoms with E-state index in [-0.39, 0.29) is 0 Å². The van der Waals surface area contributed by atoms with Crippen molar-refractivity contribution in [2.75, 3.05) is 0 Å². The average Bonchev–Trinajstić information content (AvgIpc) is 3.43. The molecule has 0 radical (unpaired) electrons.